The number of hydrogen-bond donors (Lipinski definition) is 1. The molecule has 0 aromatic carbocycles. The van der Waals surface area contributed by atoms with Crippen LogP contribution < -0.4 is 0 Å². The zero-order valence-corrected chi connectivity index (χ0v) is 13.8. The fourth-order valence-electron chi connectivity index (χ4n) is 1.93. The van der Waals surface area contributed by atoms with Gasteiger partial charge in [-0.15, -0.1) is 11.3 Å². The van der Waals surface area contributed by atoms with Crippen molar-refractivity contribution in [1.82, 2.24) is 14.8 Å². The van der Waals surface area contributed by atoms with Crippen LogP contribution >= 0.6 is 22.9 Å². The van der Waals surface area contributed by atoms with Crippen molar-refractivity contribution in [2.24, 2.45) is 0 Å². The predicted molar refractivity (Wildman–Crippen MR) is 82.4 cm³/mol. The van der Waals surface area contributed by atoms with Crippen LogP contribution in [0.2, 0.25) is 5.02 Å². The maximum Gasteiger partial charge on any atom is 0.140 e. The highest BCUT2D eigenvalue weighted by molar-refractivity contribution is 7.09. The smallest absolute Gasteiger partial charge is 0.140 e. The number of hydrogen-bond acceptors (Lipinski definition) is 4. The quantitative estimate of drug-likeness (QED) is 0.934. The summed E-state index contributed by atoms with van der Waals surface area (Å²) in [7, 11) is 0. The summed E-state index contributed by atoms with van der Waals surface area (Å²) in [5.41, 5.74) is 1.25. The minimum absolute atomic E-state index is 0.0178. The van der Waals surface area contributed by atoms with Crippen molar-refractivity contribution in [3.63, 3.8) is 0 Å². The van der Waals surface area contributed by atoms with E-state index in [-0.39, 0.29) is 5.41 Å². The molecule has 0 spiro atoms. The van der Waals surface area contributed by atoms with Crippen LogP contribution in [-0.4, -0.2) is 19.9 Å². The minimum Gasteiger partial charge on any atom is -0.380 e. The zero-order valence-electron chi connectivity index (χ0n) is 12.2. The largest absolute Gasteiger partial charge is 0.380 e. The average molecular weight is 314 g/mol. The van der Waals surface area contributed by atoms with E-state index in [4.69, 9.17) is 11.6 Å². The van der Waals surface area contributed by atoms with Gasteiger partial charge in [0, 0.05) is 17.3 Å². The molecular formula is C14H20ClN3OS. The van der Waals surface area contributed by atoms with Crippen LogP contribution in [0.25, 0.3) is 0 Å². The van der Waals surface area contributed by atoms with Gasteiger partial charge in [0.1, 0.15) is 6.10 Å². The van der Waals surface area contributed by atoms with Crippen molar-refractivity contribution in [3.8, 4) is 0 Å². The molecule has 4 nitrogen and oxygen atoms in total. The lowest BCUT2D eigenvalue weighted by Gasteiger charge is -2.15. The van der Waals surface area contributed by atoms with E-state index < -0.39 is 6.10 Å². The Morgan fingerprint density at radius 2 is 2.15 bits per heavy atom. The second kappa shape index (κ2) is 5.84. The van der Waals surface area contributed by atoms with Gasteiger partial charge in [-0.25, -0.2) is 4.98 Å². The predicted octanol–water partition coefficient (Wildman–Crippen LogP) is 3.78. The maximum atomic E-state index is 10.5. The summed E-state index contributed by atoms with van der Waals surface area (Å²) in [5.74, 6) is 0. The Bertz CT molecular complexity index is 585. The van der Waals surface area contributed by atoms with Gasteiger partial charge in [0.05, 0.1) is 27.6 Å². The Hall–Kier alpha value is -0.910. The Morgan fingerprint density at radius 3 is 2.70 bits per heavy atom. The van der Waals surface area contributed by atoms with Crippen molar-refractivity contribution in [1.29, 1.82) is 0 Å². The lowest BCUT2D eigenvalue weighted by atomic mass is 9.98. The molecule has 0 radical (unpaired) electrons. The number of aryl methyl sites for hydroxylation is 1. The van der Waals surface area contributed by atoms with E-state index in [2.05, 4.69) is 37.8 Å². The second-order valence-electron chi connectivity index (χ2n) is 5.83. The van der Waals surface area contributed by atoms with Crippen molar-refractivity contribution in [2.45, 2.75) is 52.2 Å². The van der Waals surface area contributed by atoms with Gasteiger partial charge in [-0.05, 0) is 6.42 Å². The van der Waals surface area contributed by atoms with Gasteiger partial charge in [0.25, 0.3) is 0 Å². The fraction of sp³-hybridized carbons (Fsp3) is 0.571. The molecule has 0 aliphatic heterocycles. The summed E-state index contributed by atoms with van der Waals surface area (Å²) < 4.78 is 1.75. The van der Waals surface area contributed by atoms with E-state index >= 15 is 0 Å². The third-order valence-corrected chi connectivity index (χ3v) is 4.55. The van der Waals surface area contributed by atoms with Crippen LogP contribution in [0.3, 0.4) is 0 Å². The fourth-order valence-corrected chi connectivity index (χ4v) is 3.10. The van der Waals surface area contributed by atoms with Gasteiger partial charge in [-0.2, -0.15) is 5.10 Å². The van der Waals surface area contributed by atoms with E-state index in [1.54, 1.807) is 22.2 Å². The lowest BCUT2D eigenvalue weighted by molar-refractivity contribution is 0.203. The van der Waals surface area contributed by atoms with E-state index in [1.165, 1.54) is 0 Å². The van der Waals surface area contributed by atoms with Gasteiger partial charge in [0.15, 0.2) is 0 Å². The summed E-state index contributed by atoms with van der Waals surface area (Å²) in [6.45, 7) is 9.12. The molecule has 0 amide bonds. The number of aliphatic hydroxyl groups is 1. The number of rotatable bonds is 4. The van der Waals surface area contributed by atoms with Gasteiger partial charge < -0.3 is 5.11 Å². The third-order valence-electron chi connectivity index (χ3n) is 2.97. The Kier molecular flexibility index (Phi) is 4.52. The second-order valence-corrected chi connectivity index (χ2v) is 7.10. The monoisotopic (exact) mass is 313 g/mol. The van der Waals surface area contributed by atoms with Crippen molar-refractivity contribution in [3.05, 3.63) is 33.0 Å². The highest BCUT2D eigenvalue weighted by Crippen LogP contribution is 2.32. The molecule has 0 fully saturated rings. The molecular weight excluding hydrogens is 294 g/mol. The molecule has 2 heterocycles. The van der Waals surface area contributed by atoms with E-state index in [9.17, 15) is 5.11 Å². The number of thiazole rings is 1. The minimum atomic E-state index is -0.830. The molecule has 0 saturated heterocycles. The van der Waals surface area contributed by atoms with Crippen molar-refractivity contribution in [2.75, 3.05) is 0 Å². The summed E-state index contributed by atoms with van der Waals surface area (Å²) in [6, 6.07) is 0. The van der Waals surface area contributed by atoms with Crippen molar-refractivity contribution < 1.29 is 5.11 Å². The Morgan fingerprint density at radius 1 is 1.45 bits per heavy atom. The highest BCUT2D eigenvalue weighted by Gasteiger charge is 2.25. The van der Waals surface area contributed by atoms with E-state index in [1.807, 2.05) is 5.38 Å². The summed E-state index contributed by atoms with van der Waals surface area (Å²) >= 11 is 7.72. The maximum absolute atomic E-state index is 10.5. The summed E-state index contributed by atoms with van der Waals surface area (Å²) in [4.78, 5) is 4.55. The number of halogens is 1. The van der Waals surface area contributed by atoms with Gasteiger partial charge in [-0.1, -0.05) is 39.3 Å². The average Bonchev–Trinajstić information content (AvgIpc) is 2.96. The van der Waals surface area contributed by atoms with E-state index in [0.717, 1.165) is 18.0 Å². The third kappa shape index (κ3) is 3.05. The van der Waals surface area contributed by atoms with Gasteiger partial charge in [0.2, 0.25) is 0 Å². The molecule has 0 aliphatic rings. The highest BCUT2D eigenvalue weighted by atomic mass is 35.5. The van der Waals surface area contributed by atoms with Crippen LogP contribution in [0.4, 0.5) is 0 Å². The van der Waals surface area contributed by atoms with Crippen LogP contribution in [0.5, 0.6) is 0 Å². The molecule has 1 atom stereocenters. The normalized spacial score (nSPS) is 13.7. The number of aliphatic hydroxyl groups excluding tert-OH is 1. The first-order chi connectivity index (χ1) is 9.34. The molecule has 0 aliphatic carbocycles. The van der Waals surface area contributed by atoms with Crippen LogP contribution in [0, 0.1) is 0 Å². The van der Waals surface area contributed by atoms with Crippen molar-refractivity contribution >= 4 is 22.9 Å². The van der Waals surface area contributed by atoms with Crippen LogP contribution in [-0.2, 0) is 12.0 Å². The number of nitrogens with zero attached hydrogens (tertiary/aromatic N) is 3. The standard InChI is InChI=1S/C14H20ClN3OS/c1-5-6-18-11(9(15)7-16-18)12(19)10-8-20-13(17-10)14(2,3)4/h7-8,12,19H,5-6H2,1-4H3. The first kappa shape index (κ1) is 15.5. The molecule has 6 heteroatoms. The van der Waals surface area contributed by atoms with Crippen LogP contribution in [0.1, 0.15) is 56.6 Å². The molecule has 0 saturated carbocycles. The molecule has 1 unspecified atom stereocenters. The SMILES string of the molecule is CCCn1ncc(Cl)c1C(O)c1csc(C(C)(C)C)n1. The van der Waals surface area contributed by atoms with Gasteiger partial charge in [-0.3, -0.25) is 4.68 Å². The van der Waals surface area contributed by atoms with Gasteiger partial charge >= 0.3 is 0 Å². The Labute approximate surface area is 128 Å². The summed E-state index contributed by atoms with van der Waals surface area (Å²) in [6.07, 6.45) is 1.68. The van der Waals surface area contributed by atoms with E-state index in [0.29, 0.717) is 16.4 Å². The molecule has 2 rings (SSSR count). The number of aromatic nitrogens is 3. The first-order valence-electron chi connectivity index (χ1n) is 6.69. The molecule has 110 valence electrons. The first-order valence-corrected chi connectivity index (χ1v) is 7.95. The zero-order chi connectivity index (χ0) is 14.9. The van der Waals surface area contributed by atoms with Crippen LogP contribution in [0.15, 0.2) is 11.6 Å². The molecule has 1 N–H and O–H groups in total. The summed E-state index contributed by atoms with van der Waals surface area (Å²) in [5, 5.41) is 18.1. The lowest BCUT2D eigenvalue weighted by Crippen LogP contribution is -2.13. The molecule has 2 aromatic rings. The molecule has 2 aromatic heterocycles. The molecule has 0 bridgehead atoms. The molecule has 20 heavy (non-hydrogen) atoms. The Balaban J connectivity index is 2.34. The topological polar surface area (TPSA) is 50.9 Å².